The summed E-state index contributed by atoms with van der Waals surface area (Å²) in [6, 6.07) is 8.83. The van der Waals surface area contributed by atoms with Crippen LogP contribution in [0.25, 0.3) is 11.1 Å². The number of nitrogens with zero attached hydrogens (tertiary/aromatic N) is 1. The van der Waals surface area contributed by atoms with Gasteiger partial charge in [-0.05, 0) is 61.1 Å². The Bertz CT molecular complexity index is 759. The van der Waals surface area contributed by atoms with Gasteiger partial charge in [-0.1, -0.05) is 12.1 Å². The molecule has 1 heterocycles. The summed E-state index contributed by atoms with van der Waals surface area (Å²) in [5, 5.41) is 12.1. The topological polar surface area (TPSA) is 62.2 Å². The summed E-state index contributed by atoms with van der Waals surface area (Å²) in [6.45, 7) is 1.72. The van der Waals surface area contributed by atoms with Gasteiger partial charge in [0, 0.05) is 18.1 Å². The Labute approximate surface area is 138 Å². The van der Waals surface area contributed by atoms with E-state index in [1.807, 2.05) is 6.07 Å². The van der Waals surface area contributed by atoms with Crippen molar-refractivity contribution in [3.8, 4) is 11.1 Å². The Balaban J connectivity index is 1.86. The predicted octanol–water partition coefficient (Wildman–Crippen LogP) is 3.55. The van der Waals surface area contributed by atoms with Crippen molar-refractivity contribution < 1.29 is 18.7 Å². The van der Waals surface area contributed by atoms with E-state index in [4.69, 9.17) is 0 Å². The third-order valence-corrected chi connectivity index (χ3v) is 4.55. The van der Waals surface area contributed by atoms with E-state index in [9.17, 15) is 18.7 Å². The van der Waals surface area contributed by atoms with Crippen LogP contribution >= 0.6 is 0 Å². The number of pyridine rings is 1. The van der Waals surface area contributed by atoms with Crippen LogP contribution in [0.4, 0.5) is 14.5 Å². The van der Waals surface area contributed by atoms with Crippen LogP contribution in [0.15, 0.2) is 42.7 Å². The minimum atomic E-state index is -3.82. The van der Waals surface area contributed by atoms with Crippen molar-refractivity contribution in [2.45, 2.75) is 37.7 Å². The Kier molecular flexibility index (Phi) is 4.09. The highest BCUT2D eigenvalue weighted by atomic mass is 19.3. The first-order valence-electron chi connectivity index (χ1n) is 7.76. The van der Waals surface area contributed by atoms with Crippen LogP contribution in [-0.2, 0) is 4.79 Å². The van der Waals surface area contributed by atoms with E-state index in [-0.39, 0.29) is 12.8 Å². The molecular formula is C18H18F2N2O2. The summed E-state index contributed by atoms with van der Waals surface area (Å²) >= 11 is 0. The third kappa shape index (κ3) is 2.78. The molecule has 3 rings (SSSR count). The van der Waals surface area contributed by atoms with Crippen LogP contribution in [0.5, 0.6) is 0 Å². The highest BCUT2D eigenvalue weighted by Gasteiger charge is 2.61. The molecule has 24 heavy (non-hydrogen) atoms. The molecule has 0 radical (unpaired) electrons. The average molecular weight is 332 g/mol. The van der Waals surface area contributed by atoms with Gasteiger partial charge in [-0.2, -0.15) is 8.78 Å². The van der Waals surface area contributed by atoms with Crippen molar-refractivity contribution in [2.75, 3.05) is 5.32 Å². The monoisotopic (exact) mass is 332 g/mol. The highest BCUT2D eigenvalue weighted by Crippen LogP contribution is 2.44. The summed E-state index contributed by atoms with van der Waals surface area (Å²) in [6.07, 6.45) is 3.63. The second-order valence-corrected chi connectivity index (χ2v) is 6.18. The molecule has 0 spiro atoms. The minimum absolute atomic E-state index is 0.0660. The molecule has 0 aliphatic heterocycles. The number of hydrogen-bond acceptors (Lipinski definition) is 3. The average Bonchev–Trinajstić information content (AvgIpc) is 2.55. The fourth-order valence-corrected chi connectivity index (χ4v) is 2.72. The van der Waals surface area contributed by atoms with Crippen molar-refractivity contribution in [3.63, 3.8) is 0 Å². The molecule has 1 aliphatic rings. The van der Waals surface area contributed by atoms with E-state index in [0.29, 0.717) is 17.7 Å². The van der Waals surface area contributed by atoms with E-state index in [1.165, 1.54) is 0 Å². The van der Waals surface area contributed by atoms with Crippen LogP contribution < -0.4 is 5.32 Å². The van der Waals surface area contributed by atoms with Crippen LogP contribution in [0.1, 0.15) is 24.8 Å². The normalized spacial score (nSPS) is 16.3. The van der Waals surface area contributed by atoms with Crippen LogP contribution in [0.3, 0.4) is 0 Å². The van der Waals surface area contributed by atoms with Gasteiger partial charge >= 0.3 is 5.92 Å². The van der Waals surface area contributed by atoms with Gasteiger partial charge in [0.05, 0.1) is 0 Å². The molecule has 1 fully saturated rings. The predicted molar refractivity (Wildman–Crippen MR) is 86.8 cm³/mol. The lowest BCUT2D eigenvalue weighted by Gasteiger charge is -2.41. The number of benzene rings is 1. The Morgan fingerprint density at radius 3 is 2.46 bits per heavy atom. The number of aliphatic hydroxyl groups is 1. The molecule has 0 saturated heterocycles. The van der Waals surface area contributed by atoms with Crippen LogP contribution in [0.2, 0.25) is 0 Å². The van der Waals surface area contributed by atoms with Gasteiger partial charge in [0.2, 0.25) is 0 Å². The quantitative estimate of drug-likeness (QED) is 0.900. The number of alkyl halides is 2. The molecule has 0 unspecified atom stereocenters. The second kappa shape index (κ2) is 5.94. The first kappa shape index (κ1) is 16.5. The first-order chi connectivity index (χ1) is 11.3. The first-order valence-corrected chi connectivity index (χ1v) is 7.76. The molecule has 0 atom stereocenters. The zero-order valence-electron chi connectivity index (χ0n) is 13.2. The van der Waals surface area contributed by atoms with Gasteiger partial charge in [0.25, 0.3) is 5.91 Å². The van der Waals surface area contributed by atoms with Gasteiger partial charge in [-0.25, -0.2) is 0 Å². The van der Waals surface area contributed by atoms with E-state index in [1.54, 1.807) is 43.6 Å². The molecular weight excluding hydrogens is 314 g/mol. The standard InChI is InChI=1S/C18H18F2N2O2/c1-12-3-4-14(13-5-9-21-10-6-13)11-15(12)22-16(23)18(19,20)17(24)7-2-8-17/h3-6,9-11,24H,2,7-8H2,1H3,(H,22,23). The van der Waals surface area contributed by atoms with Crippen molar-refractivity contribution in [2.24, 2.45) is 0 Å². The highest BCUT2D eigenvalue weighted by molar-refractivity contribution is 5.98. The maximum Gasteiger partial charge on any atom is 0.352 e. The molecule has 1 saturated carbocycles. The fourth-order valence-electron chi connectivity index (χ4n) is 2.72. The second-order valence-electron chi connectivity index (χ2n) is 6.18. The Morgan fingerprint density at radius 1 is 1.21 bits per heavy atom. The number of carbonyl (C=O) groups is 1. The number of rotatable bonds is 4. The molecule has 6 heteroatoms. The number of amides is 1. The van der Waals surface area contributed by atoms with Crippen molar-refractivity contribution in [1.29, 1.82) is 0 Å². The number of carbonyl (C=O) groups excluding carboxylic acids is 1. The van der Waals surface area contributed by atoms with Gasteiger partial charge in [-0.3, -0.25) is 9.78 Å². The zero-order valence-corrected chi connectivity index (χ0v) is 13.2. The number of aromatic nitrogens is 1. The summed E-state index contributed by atoms with van der Waals surface area (Å²) in [7, 11) is 0. The lowest BCUT2D eigenvalue weighted by molar-refractivity contribution is -0.212. The van der Waals surface area contributed by atoms with Crippen molar-refractivity contribution in [1.82, 2.24) is 4.98 Å². The molecule has 1 aromatic heterocycles. The number of hydrogen-bond donors (Lipinski definition) is 2. The molecule has 2 N–H and O–H groups in total. The van der Waals surface area contributed by atoms with Gasteiger partial charge < -0.3 is 10.4 Å². The van der Waals surface area contributed by atoms with Crippen LogP contribution in [-0.4, -0.2) is 27.5 Å². The fraction of sp³-hybridized carbons (Fsp3) is 0.333. The van der Waals surface area contributed by atoms with E-state index in [0.717, 1.165) is 11.1 Å². The lowest BCUT2D eigenvalue weighted by Crippen LogP contribution is -2.59. The maximum atomic E-state index is 14.2. The number of anilines is 1. The largest absolute Gasteiger partial charge is 0.383 e. The van der Waals surface area contributed by atoms with Crippen molar-refractivity contribution >= 4 is 11.6 Å². The number of aryl methyl sites for hydroxylation is 1. The third-order valence-electron chi connectivity index (χ3n) is 4.55. The summed E-state index contributed by atoms with van der Waals surface area (Å²) in [4.78, 5) is 16.0. The number of halogens is 2. The lowest BCUT2D eigenvalue weighted by atomic mass is 9.75. The molecule has 1 amide bonds. The zero-order chi connectivity index (χ0) is 17.4. The van der Waals surface area contributed by atoms with E-state index in [2.05, 4.69) is 10.3 Å². The molecule has 1 aliphatic carbocycles. The smallest absolute Gasteiger partial charge is 0.352 e. The molecule has 0 bridgehead atoms. The van der Waals surface area contributed by atoms with E-state index >= 15 is 0 Å². The van der Waals surface area contributed by atoms with Gasteiger partial charge in [0.15, 0.2) is 0 Å². The molecule has 4 nitrogen and oxygen atoms in total. The Morgan fingerprint density at radius 2 is 1.88 bits per heavy atom. The van der Waals surface area contributed by atoms with Crippen LogP contribution in [0, 0.1) is 6.92 Å². The number of nitrogens with one attached hydrogen (secondary N) is 1. The summed E-state index contributed by atoms with van der Waals surface area (Å²) < 4.78 is 28.4. The molecule has 2 aromatic rings. The molecule has 126 valence electrons. The summed E-state index contributed by atoms with van der Waals surface area (Å²) in [5.41, 5.74) is 0.386. The van der Waals surface area contributed by atoms with E-state index < -0.39 is 17.4 Å². The van der Waals surface area contributed by atoms with Crippen molar-refractivity contribution in [3.05, 3.63) is 48.3 Å². The van der Waals surface area contributed by atoms with Gasteiger partial charge in [0.1, 0.15) is 5.60 Å². The SMILES string of the molecule is Cc1ccc(-c2ccncc2)cc1NC(=O)C(F)(F)C1(O)CCC1. The minimum Gasteiger partial charge on any atom is -0.383 e. The molecule has 1 aromatic carbocycles. The Hall–Kier alpha value is -2.34. The van der Waals surface area contributed by atoms with Gasteiger partial charge in [-0.15, -0.1) is 0 Å². The maximum absolute atomic E-state index is 14.2. The summed E-state index contributed by atoms with van der Waals surface area (Å²) in [5.74, 6) is -5.29.